The first-order valence-corrected chi connectivity index (χ1v) is 5.95. The van der Waals surface area contributed by atoms with Crippen LogP contribution in [-0.2, 0) is 4.79 Å². The summed E-state index contributed by atoms with van der Waals surface area (Å²) >= 11 is 11.3. The molecule has 2 atom stereocenters. The number of amides is 1. The highest BCUT2D eigenvalue weighted by atomic mass is 35.5. The molecule has 1 heterocycles. The highest BCUT2D eigenvalue weighted by molar-refractivity contribution is 7.81. The van der Waals surface area contributed by atoms with Gasteiger partial charge in [0.25, 0.3) is 0 Å². The Morgan fingerprint density at radius 3 is 2.64 bits per heavy atom. The van der Waals surface area contributed by atoms with E-state index in [0.29, 0.717) is 0 Å². The summed E-state index contributed by atoms with van der Waals surface area (Å²) in [5, 5.41) is 2.56. The maximum absolute atomic E-state index is 11.3. The van der Waals surface area contributed by atoms with Crippen LogP contribution in [0.4, 0.5) is 0 Å². The van der Waals surface area contributed by atoms with Crippen LogP contribution in [-0.4, -0.2) is 11.2 Å². The molecule has 0 fully saturated rings. The maximum atomic E-state index is 11.3. The van der Waals surface area contributed by atoms with E-state index >= 15 is 0 Å². The molecule has 1 aromatic rings. The summed E-state index contributed by atoms with van der Waals surface area (Å²) in [6.07, 6.45) is 0. The molecule has 78 valence electrons. The molecule has 2 nitrogen and oxygen atoms in total. The Morgan fingerprint density at radius 2 is 2.21 bits per heavy atom. The predicted octanol–water partition coefficient (Wildman–Crippen LogP) is 2.90. The van der Waals surface area contributed by atoms with Gasteiger partial charge in [0.2, 0.25) is 5.91 Å². The van der Waals surface area contributed by atoms with Gasteiger partial charge in [-0.1, -0.05) is 11.6 Å². The Morgan fingerprint density at radius 1 is 1.57 bits per heavy atom. The Balaban J connectivity index is 2.59. The minimum Gasteiger partial charge on any atom is -0.348 e. The topological polar surface area (TPSA) is 29.1 Å². The van der Waals surface area contributed by atoms with Crippen molar-refractivity contribution < 1.29 is 4.79 Å². The zero-order valence-electron chi connectivity index (χ0n) is 7.95. The molecule has 0 saturated heterocycles. The molecule has 1 rings (SSSR count). The molecule has 0 aliphatic carbocycles. The van der Waals surface area contributed by atoms with Crippen molar-refractivity contribution >= 4 is 41.5 Å². The summed E-state index contributed by atoms with van der Waals surface area (Å²) in [6, 6.07) is 3.74. The van der Waals surface area contributed by atoms with Crippen LogP contribution >= 0.6 is 35.6 Å². The molecule has 2 unspecified atom stereocenters. The third kappa shape index (κ3) is 3.19. The fourth-order valence-electron chi connectivity index (χ4n) is 0.966. The fraction of sp³-hybridized carbons (Fsp3) is 0.444. The van der Waals surface area contributed by atoms with Gasteiger partial charge in [0.15, 0.2) is 0 Å². The average molecular weight is 250 g/mol. The second-order valence-corrected chi connectivity index (χ2v) is 5.57. The molecule has 1 aromatic heterocycles. The van der Waals surface area contributed by atoms with E-state index in [1.807, 2.05) is 19.1 Å². The van der Waals surface area contributed by atoms with Gasteiger partial charge in [0.05, 0.1) is 15.6 Å². The number of nitrogens with one attached hydrogen (secondary N) is 1. The first-order valence-electron chi connectivity index (χ1n) is 4.24. The van der Waals surface area contributed by atoms with Crippen LogP contribution in [0.5, 0.6) is 0 Å². The predicted molar refractivity (Wildman–Crippen MR) is 64.3 cm³/mol. The molecule has 14 heavy (non-hydrogen) atoms. The molecule has 1 amide bonds. The SMILES string of the molecule is CC(S)C(=O)NC(C)c1ccc(Cl)s1. The molecular formula is C9H12ClNOS2. The van der Waals surface area contributed by atoms with Crippen LogP contribution in [0.25, 0.3) is 0 Å². The average Bonchev–Trinajstić information content (AvgIpc) is 2.51. The zero-order valence-corrected chi connectivity index (χ0v) is 10.4. The third-order valence-electron chi connectivity index (χ3n) is 1.76. The highest BCUT2D eigenvalue weighted by Crippen LogP contribution is 2.26. The Hall–Kier alpha value is -0.190. The van der Waals surface area contributed by atoms with E-state index in [9.17, 15) is 4.79 Å². The Bertz CT molecular complexity index is 324. The minimum absolute atomic E-state index is 0.00500. The Labute approximate surface area is 98.1 Å². The van der Waals surface area contributed by atoms with Gasteiger partial charge in [-0.2, -0.15) is 12.6 Å². The fourth-order valence-corrected chi connectivity index (χ4v) is 2.10. The summed E-state index contributed by atoms with van der Waals surface area (Å²) < 4.78 is 0.736. The lowest BCUT2D eigenvalue weighted by Crippen LogP contribution is -2.31. The van der Waals surface area contributed by atoms with Crippen LogP contribution < -0.4 is 5.32 Å². The lowest BCUT2D eigenvalue weighted by atomic mass is 10.2. The second kappa shape index (κ2) is 5.05. The van der Waals surface area contributed by atoms with Gasteiger partial charge < -0.3 is 5.32 Å². The number of carbonyl (C=O) groups excluding carboxylic acids is 1. The van der Waals surface area contributed by atoms with E-state index in [-0.39, 0.29) is 17.2 Å². The molecule has 0 radical (unpaired) electrons. The van der Waals surface area contributed by atoms with E-state index in [1.54, 1.807) is 6.92 Å². The molecule has 0 aromatic carbocycles. The lowest BCUT2D eigenvalue weighted by molar-refractivity contribution is -0.120. The standard InChI is InChI=1S/C9H12ClNOS2/c1-5(11-9(12)6(2)13)7-3-4-8(10)14-7/h3-6,13H,1-2H3,(H,11,12). The largest absolute Gasteiger partial charge is 0.348 e. The number of hydrogen-bond acceptors (Lipinski definition) is 3. The van der Waals surface area contributed by atoms with Gasteiger partial charge >= 0.3 is 0 Å². The van der Waals surface area contributed by atoms with Crippen molar-refractivity contribution in [2.45, 2.75) is 25.1 Å². The van der Waals surface area contributed by atoms with Gasteiger partial charge in [0, 0.05) is 4.88 Å². The number of halogens is 1. The van der Waals surface area contributed by atoms with E-state index < -0.39 is 0 Å². The first-order chi connectivity index (χ1) is 6.50. The van der Waals surface area contributed by atoms with Crippen LogP contribution in [0.2, 0.25) is 4.34 Å². The van der Waals surface area contributed by atoms with Crippen molar-refractivity contribution in [1.29, 1.82) is 0 Å². The summed E-state index contributed by atoms with van der Waals surface area (Å²) in [5.41, 5.74) is 0. The molecular weight excluding hydrogens is 238 g/mol. The van der Waals surface area contributed by atoms with Crippen molar-refractivity contribution in [2.24, 2.45) is 0 Å². The van der Waals surface area contributed by atoms with Crippen molar-refractivity contribution in [1.82, 2.24) is 5.32 Å². The van der Waals surface area contributed by atoms with Crippen molar-refractivity contribution in [2.75, 3.05) is 0 Å². The van der Waals surface area contributed by atoms with Gasteiger partial charge in [-0.3, -0.25) is 4.79 Å². The normalized spacial score (nSPS) is 14.9. The van der Waals surface area contributed by atoms with Gasteiger partial charge in [-0.25, -0.2) is 0 Å². The summed E-state index contributed by atoms with van der Waals surface area (Å²) in [5.74, 6) is -0.0645. The second-order valence-electron chi connectivity index (χ2n) is 3.05. The van der Waals surface area contributed by atoms with Crippen LogP contribution in [0.15, 0.2) is 12.1 Å². The molecule has 1 N–H and O–H groups in total. The van der Waals surface area contributed by atoms with E-state index in [0.717, 1.165) is 9.21 Å². The minimum atomic E-state index is -0.284. The number of carbonyl (C=O) groups is 1. The molecule has 0 spiro atoms. The van der Waals surface area contributed by atoms with Crippen LogP contribution in [0.1, 0.15) is 24.8 Å². The quantitative estimate of drug-likeness (QED) is 0.793. The third-order valence-corrected chi connectivity index (χ3v) is 3.41. The van der Waals surface area contributed by atoms with Crippen LogP contribution in [0.3, 0.4) is 0 Å². The number of thiophene rings is 1. The van der Waals surface area contributed by atoms with Gasteiger partial charge in [0.1, 0.15) is 0 Å². The number of thiol groups is 1. The van der Waals surface area contributed by atoms with Crippen molar-refractivity contribution in [3.8, 4) is 0 Å². The Kier molecular flexibility index (Phi) is 4.29. The smallest absolute Gasteiger partial charge is 0.233 e. The molecule has 5 heteroatoms. The lowest BCUT2D eigenvalue weighted by Gasteiger charge is -2.13. The molecule has 0 bridgehead atoms. The van der Waals surface area contributed by atoms with Gasteiger partial charge in [-0.15, -0.1) is 11.3 Å². The van der Waals surface area contributed by atoms with E-state index in [2.05, 4.69) is 17.9 Å². The number of hydrogen-bond donors (Lipinski definition) is 2. The highest BCUT2D eigenvalue weighted by Gasteiger charge is 2.13. The van der Waals surface area contributed by atoms with E-state index in [1.165, 1.54) is 11.3 Å². The van der Waals surface area contributed by atoms with E-state index in [4.69, 9.17) is 11.6 Å². The monoisotopic (exact) mass is 249 g/mol. The molecule has 0 aliphatic heterocycles. The zero-order chi connectivity index (χ0) is 10.7. The van der Waals surface area contributed by atoms with Crippen LogP contribution in [0, 0.1) is 0 Å². The van der Waals surface area contributed by atoms with Gasteiger partial charge in [-0.05, 0) is 26.0 Å². The summed E-state index contributed by atoms with van der Waals surface area (Å²) in [4.78, 5) is 12.4. The van der Waals surface area contributed by atoms with Crippen molar-refractivity contribution in [3.05, 3.63) is 21.3 Å². The van der Waals surface area contributed by atoms with Crippen molar-refractivity contribution in [3.63, 3.8) is 0 Å². The summed E-state index contributed by atoms with van der Waals surface area (Å²) in [6.45, 7) is 3.67. The molecule has 0 aliphatic rings. The first kappa shape index (κ1) is 11.9. The number of rotatable bonds is 3. The molecule has 0 saturated carbocycles. The summed E-state index contributed by atoms with van der Waals surface area (Å²) in [7, 11) is 0. The maximum Gasteiger partial charge on any atom is 0.233 e.